The normalized spacial score (nSPS) is 14.9. The maximum atomic E-state index is 13.7. The molecule has 10 heteroatoms. The van der Waals surface area contributed by atoms with E-state index in [1.54, 1.807) is 14.2 Å². The quantitative estimate of drug-likeness (QED) is 0.289. The predicted octanol–water partition coefficient (Wildman–Crippen LogP) is 5.22. The van der Waals surface area contributed by atoms with Gasteiger partial charge in [0, 0.05) is 19.0 Å². The van der Waals surface area contributed by atoms with Gasteiger partial charge < -0.3 is 14.8 Å². The summed E-state index contributed by atoms with van der Waals surface area (Å²) >= 11 is 0. The summed E-state index contributed by atoms with van der Waals surface area (Å²) in [6.07, 6.45) is 11.0. The SMILES string of the molecule is CCC(CC)Cn1nc(C(=O)N[C@@H](CCC2CCCCC2)Cc2nnn[nH]2)cc1-c1c(OC)cccc1OC. The average molecular weight is 538 g/mol. The summed E-state index contributed by atoms with van der Waals surface area (Å²) in [5.41, 5.74) is 1.98. The number of carbonyl (C=O) groups excluding carboxylic acids is 1. The molecule has 0 saturated heterocycles. The first kappa shape index (κ1) is 28.6. The van der Waals surface area contributed by atoms with E-state index in [1.165, 1.54) is 32.1 Å². The monoisotopic (exact) mass is 537 g/mol. The van der Waals surface area contributed by atoms with E-state index in [-0.39, 0.29) is 11.9 Å². The summed E-state index contributed by atoms with van der Waals surface area (Å²) in [6, 6.07) is 7.46. The number of methoxy groups -OCH3 is 2. The zero-order valence-electron chi connectivity index (χ0n) is 23.8. The number of carbonyl (C=O) groups is 1. The summed E-state index contributed by atoms with van der Waals surface area (Å²) in [5, 5.41) is 22.4. The minimum absolute atomic E-state index is 0.0948. The molecule has 212 valence electrons. The van der Waals surface area contributed by atoms with Gasteiger partial charge in [0.15, 0.2) is 5.69 Å². The van der Waals surface area contributed by atoms with Crippen LogP contribution in [0.4, 0.5) is 0 Å². The van der Waals surface area contributed by atoms with Crippen LogP contribution in [0.2, 0.25) is 0 Å². The van der Waals surface area contributed by atoms with Crippen LogP contribution in [-0.4, -0.2) is 56.6 Å². The smallest absolute Gasteiger partial charge is 0.272 e. The summed E-state index contributed by atoms with van der Waals surface area (Å²) < 4.78 is 13.3. The number of amides is 1. The fourth-order valence-corrected chi connectivity index (χ4v) is 5.66. The second-order valence-corrected chi connectivity index (χ2v) is 10.6. The van der Waals surface area contributed by atoms with Crippen LogP contribution in [0.25, 0.3) is 11.3 Å². The predicted molar refractivity (Wildman–Crippen MR) is 150 cm³/mol. The fraction of sp³-hybridized carbons (Fsp3) is 0.621. The van der Waals surface area contributed by atoms with E-state index in [9.17, 15) is 4.79 Å². The Morgan fingerprint density at radius 3 is 2.46 bits per heavy atom. The number of rotatable bonds is 14. The lowest BCUT2D eigenvalue weighted by atomic mass is 9.85. The molecule has 3 aromatic rings. The molecule has 1 aliphatic carbocycles. The zero-order valence-corrected chi connectivity index (χ0v) is 23.8. The van der Waals surface area contributed by atoms with Crippen LogP contribution >= 0.6 is 0 Å². The molecule has 2 heterocycles. The Bertz CT molecular complexity index is 1150. The number of hydrogen-bond acceptors (Lipinski definition) is 7. The van der Waals surface area contributed by atoms with Crippen molar-refractivity contribution in [3.8, 4) is 22.8 Å². The molecule has 0 radical (unpaired) electrons. The number of nitrogens with one attached hydrogen (secondary N) is 2. The Kier molecular flexibility index (Phi) is 10.3. The average Bonchev–Trinajstić information content (AvgIpc) is 3.64. The van der Waals surface area contributed by atoms with Crippen LogP contribution in [0.5, 0.6) is 11.5 Å². The van der Waals surface area contributed by atoms with Crippen LogP contribution in [0.15, 0.2) is 24.3 Å². The van der Waals surface area contributed by atoms with Crippen LogP contribution < -0.4 is 14.8 Å². The summed E-state index contributed by atoms with van der Waals surface area (Å²) in [4.78, 5) is 13.7. The Morgan fingerprint density at radius 2 is 1.85 bits per heavy atom. The molecule has 0 bridgehead atoms. The van der Waals surface area contributed by atoms with E-state index in [4.69, 9.17) is 14.6 Å². The van der Waals surface area contributed by atoms with Gasteiger partial charge in [-0.15, -0.1) is 5.10 Å². The Balaban J connectivity index is 1.61. The molecule has 0 aliphatic heterocycles. The second-order valence-electron chi connectivity index (χ2n) is 10.6. The minimum Gasteiger partial charge on any atom is -0.496 e. The van der Waals surface area contributed by atoms with Crippen LogP contribution in [0, 0.1) is 11.8 Å². The van der Waals surface area contributed by atoms with Gasteiger partial charge in [0.2, 0.25) is 0 Å². The molecule has 4 rings (SSSR count). The highest BCUT2D eigenvalue weighted by molar-refractivity contribution is 5.94. The number of aromatic amines is 1. The molecule has 1 atom stereocenters. The molecular formula is C29H43N7O3. The van der Waals surface area contributed by atoms with Gasteiger partial charge in [-0.2, -0.15) is 5.10 Å². The third kappa shape index (κ3) is 7.36. The van der Waals surface area contributed by atoms with Gasteiger partial charge in [0.1, 0.15) is 17.3 Å². The molecule has 39 heavy (non-hydrogen) atoms. The van der Waals surface area contributed by atoms with Gasteiger partial charge >= 0.3 is 0 Å². The molecule has 1 saturated carbocycles. The van der Waals surface area contributed by atoms with E-state index in [2.05, 4.69) is 39.8 Å². The van der Waals surface area contributed by atoms with Crippen LogP contribution in [0.1, 0.15) is 87.9 Å². The van der Waals surface area contributed by atoms with Crippen molar-refractivity contribution in [3.63, 3.8) is 0 Å². The molecule has 1 aromatic carbocycles. The molecule has 1 aliphatic rings. The fourth-order valence-electron chi connectivity index (χ4n) is 5.66. The van der Waals surface area contributed by atoms with E-state index in [0.29, 0.717) is 41.9 Å². The number of ether oxygens (including phenoxy) is 2. The Hall–Kier alpha value is -3.43. The zero-order chi connectivity index (χ0) is 27.6. The highest BCUT2D eigenvalue weighted by Gasteiger charge is 2.25. The minimum atomic E-state index is -0.200. The lowest BCUT2D eigenvalue weighted by Gasteiger charge is -2.24. The van der Waals surface area contributed by atoms with Gasteiger partial charge in [-0.3, -0.25) is 9.48 Å². The van der Waals surface area contributed by atoms with Crippen molar-refractivity contribution >= 4 is 5.91 Å². The molecule has 2 aromatic heterocycles. The van der Waals surface area contributed by atoms with Crippen LogP contribution in [-0.2, 0) is 13.0 Å². The van der Waals surface area contributed by atoms with Gasteiger partial charge in [-0.1, -0.05) is 64.9 Å². The van der Waals surface area contributed by atoms with E-state index < -0.39 is 0 Å². The second kappa shape index (κ2) is 14.1. The first-order valence-electron chi connectivity index (χ1n) is 14.4. The van der Waals surface area contributed by atoms with Crippen molar-refractivity contribution in [1.29, 1.82) is 0 Å². The lowest BCUT2D eigenvalue weighted by molar-refractivity contribution is 0.0926. The Labute approximate surface area is 231 Å². The van der Waals surface area contributed by atoms with Crippen molar-refractivity contribution in [1.82, 2.24) is 35.7 Å². The van der Waals surface area contributed by atoms with E-state index >= 15 is 0 Å². The number of tetrazole rings is 1. The molecular weight excluding hydrogens is 494 g/mol. The molecule has 1 fully saturated rings. The topological polar surface area (TPSA) is 120 Å². The van der Waals surface area contributed by atoms with Gasteiger partial charge in [0.25, 0.3) is 5.91 Å². The largest absolute Gasteiger partial charge is 0.496 e. The van der Waals surface area contributed by atoms with Crippen molar-refractivity contribution in [2.45, 2.75) is 90.6 Å². The first-order valence-corrected chi connectivity index (χ1v) is 14.4. The maximum absolute atomic E-state index is 13.7. The van der Waals surface area contributed by atoms with Crippen LogP contribution in [0.3, 0.4) is 0 Å². The third-order valence-electron chi connectivity index (χ3n) is 8.09. The number of hydrogen-bond donors (Lipinski definition) is 2. The summed E-state index contributed by atoms with van der Waals surface area (Å²) in [7, 11) is 3.28. The standard InChI is InChI=1S/C29H43N7O3/c1-5-20(6-2)19-36-24(28-25(38-3)13-10-14-26(28)39-4)18-23(33-36)29(37)30-22(17-27-31-34-35-32-27)16-15-21-11-8-7-9-12-21/h10,13-14,18,20-22H,5-9,11-12,15-17,19H2,1-4H3,(H,30,37)(H,31,32,34,35)/t22-/m0/s1. The van der Waals surface area contributed by atoms with E-state index in [0.717, 1.165) is 42.9 Å². The van der Waals surface area contributed by atoms with Gasteiger partial charge in [0.05, 0.1) is 25.5 Å². The van der Waals surface area contributed by atoms with Gasteiger partial charge in [-0.25, -0.2) is 5.10 Å². The first-order chi connectivity index (χ1) is 19.1. The lowest BCUT2D eigenvalue weighted by Crippen LogP contribution is -2.37. The van der Waals surface area contributed by atoms with E-state index in [1.807, 2.05) is 28.9 Å². The van der Waals surface area contributed by atoms with Crippen molar-refractivity contribution in [3.05, 3.63) is 35.8 Å². The van der Waals surface area contributed by atoms with Crippen molar-refractivity contribution in [2.75, 3.05) is 14.2 Å². The molecule has 0 spiro atoms. The third-order valence-corrected chi connectivity index (χ3v) is 8.09. The van der Waals surface area contributed by atoms with Gasteiger partial charge in [-0.05, 0) is 53.3 Å². The highest BCUT2D eigenvalue weighted by Crippen LogP contribution is 2.39. The number of H-pyrrole nitrogens is 1. The number of aromatic nitrogens is 6. The summed E-state index contributed by atoms with van der Waals surface area (Å²) in [5.74, 6) is 2.97. The maximum Gasteiger partial charge on any atom is 0.272 e. The molecule has 10 nitrogen and oxygen atoms in total. The number of benzene rings is 1. The molecule has 2 N–H and O–H groups in total. The molecule has 1 amide bonds. The highest BCUT2D eigenvalue weighted by atomic mass is 16.5. The van der Waals surface area contributed by atoms with Crippen molar-refractivity contribution in [2.24, 2.45) is 11.8 Å². The van der Waals surface area contributed by atoms with Crippen molar-refractivity contribution < 1.29 is 14.3 Å². The molecule has 0 unspecified atom stereocenters. The summed E-state index contributed by atoms with van der Waals surface area (Å²) in [6.45, 7) is 5.07. The number of nitrogens with zero attached hydrogens (tertiary/aromatic N) is 5. The Morgan fingerprint density at radius 1 is 1.13 bits per heavy atom.